The molecule has 3 rings (SSSR count). The molecule has 1 fully saturated rings. The molecule has 1 aliphatic heterocycles. The smallest absolute Gasteiger partial charge is 0.244 e. The average Bonchev–Trinajstić information content (AvgIpc) is 3.18. The first-order valence-electron chi connectivity index (χ1n) is 8.01. The summed E-state index contributed by atoms with van der Waals surface area (Å²) in [7, 11) is 1.75. The van der Waals surface area contributed by atoms with E-state index in [1.54, 1.807) is 7.11 Å². The zero-order chi connectivity index (χ0) is 16.1. The summed E-state index contributed by atoms with van der Waals surface area (Å²) in [6.45, 7) is 4.33. The number of likely N-dealkylation sites (tertiary alicyclic amines) is 1. The number of rotatable bonds is 7. The predicted octanol–water partition coefficient (Wildman–Crippen LogP) is 2.61. The number of methoxy groups -OCH3 is 1. The molecule has 1 aromatic carbocycles. The van der Waals surface area contributed by atoms with Gasteiger partial charge in [0.1, 0.15) is 5.75 Å². The lowest BCUT2D eigenvalue weighted by Gasteiger charge is -2.21. The van der Waals surface area contributed by atoms with Crippen LogP contribution < -0.4 is 4.74 Å². The fourth-order valence-corrected chi connectivity index (χ4v) is 2.96. The Kier molecular flexibility index (Phi) is 5.25. The van der Waals surface area contributed by atoms with Crippen molar-refractivity contribution in [2.24, 2.45) is 0 Å². The molecule has 6 heteroatoms. The topological polar surface area (TPSA) is 60.6 Å². The summed E-state index contributed by atoms with van der Waals surface area (Å²) in [5.74, 6) is 2.27. The predicted molar refractivity (Wildman–Crippen MR) is 85.3 cm³/mol. The van der Waals surface area contributed by atoms with Crippen LogP contribution in [0.4, 0.5) is 0 Å². The van der Waals surface area contributed by atoms with E-state index in [4.69, 9.17) is 14.0 Å². The summed E-state index contributed by atoms with van der Waals surface area (Å²) in [6, 6.07) is 10.0. The molecule has 23 heavy (non-hydrogen) atoms. The molecular weight excluding hydrogens is 294 g/mol. The normalized spacial score (nSPS) is 21.7. The molecule has 0 aliphatic carbocycles. The van der Waals surface area contributed by atoms with E-state index >= 15 is 0 Å². The fraction of sp³-hybridized carbons (Fsp3) is 0.529. The summed E-state index contributed by atoms with van der Waals surface area (Å²) in [4.78, 5) is 6.72. The van der Waals surface area contributed by atoms with Crippen LogP contribution in [0.5, 0.6) is 5.75 Å². The van der Waals surface area contributed by atoms with Gasteiger partial charge in [-0.05, 0) is 31.9 Å². The molecule has 0 spiro atoms. The minimum absolute atomic E-state index is 0.137. The minimum Gasteiger partial charge on any atom is -0.494 e. The van der Waals surface area contributed by atoms with Crippen molar-refractivity contribution < 1.29 is 14.0 Å². The van der Waals surface area contributed by atoms with Gasteiger partial charge in [0.25, 0.3) is 0 Å². The van der Waals surface area contributed by atoms with Gasteiger partial charge in [0.2, 0.25) is 5.89 Å². The van der Waals surface area contributed by atoms with Crippen molar-refractivity contribution in [1.82, 2.24) is 15.0 Å². The Morgan fingerprint density at radius 3 is 2.83 bits per heavy atom. The molecule has 6 nitrogen and oxygen atoms in total. The molecule has 2 aromatic rings. The molecule has 0 saturated carbocycles. The van der Waals surface area contributed by atoms with E-state index in [0.717, 1.165) is 31.7 Å². The number of hydrogen-bond acceptors (Lipinski definition) is 6. The SMILES string of the molecule is CO[C@@H]1C[C@H](c2nc(C)no2)N(CCCOc2ccccc2)C1. The van der Waals surface area contributed by atoms with Crippen LogP contribution in [-0.2, 0) is 4.74 Å². The highest BCUT2D eigenvalue weighted by molar-refractivity contribution is 5.20. The highest BCUT2D eigenvalue weighted by atomic mass is 16.5. The number of aryl methyl sites for hydroxylation is 1. The van der Waals surface area contributed by atoms with Crippen molar-refractivity contribution in [3.05, 3.63) is 42.0 Å². The van der Waals surface area contributed by atoms with E-state index in [1.807, 2.05) is 37.3 Å². The summed E-state index contributed by atoms with van der Waals surface area (Å²) < 4.78 is 16.6. The van der Waals surface area contributed by atoms with Crippen LogP contribution in [0.25, 0.3) is 0 Å². The number of benzene rings is 1. The van der Waals surface area contributed by atoms with Crippen molar-refractivity contribution in [3.8, 4) is 5.75 Å². The van der Waals surface area contributed by atoms with E-state index < -0.39 is 0 Å². The first kappa shape index (κ1) is 16.0. The highest BCUT2D eigenvalue weighted by Crippen LogP contribution is 2.32. The maximum absolute atomic E-state index is 5.75. The maximum Gasteiger partial charge on any atom is 0.244 e. The zero-order valence-electron chi connectivity index (χ0n) is 13.6. The second-order valence-electron chi connectivity index (χ2n) is 5.80. The van der Waals surface area contributed by atoms with Gasteiger partial charge < -0.3 is 14.0 Å². The van der Waals surface area contributed by atoms with Crippen molar-refractivity contribution in [2.45, 2.75) is 31.9 Å². The van der Waals surface area contributed by atoms with Crippen molar-refractivity contribution >= 4 is 0 Å². The van der Waals surface area contributed by atoms with E-state index in [9.17, 15) is 0 Å². The van der Waals surface area contributed by atoms with Gasteiger partial charge in [-0.3, -0.25) is 4.90 Å². The summed E-state index contributed by atoms with van der Waals surface area (Å²) in [5, 5.41) is 3.90. The van der Waals surface area contributed by atoms with Crippen LogP contribution in [0.2, 0.25) is 0 Å². The van der Waals surface area contributed by atoms with Crippen LogP contribution >= 0.6 is 0 Å². The van der Waals surface area contributed by atoms with Crippen LogP contribution in [0.1, 0.15) is 30.6 Å². The second kappa shape index (κ2) is 7.57. The Morgan fingerprint density at radius 2 is 2.13 bits per heavy atom. The van der Waals surface area contributed by atoms with Crippen LogP contribution in [-0.4, -0.2) is 48.0 Å². The lowest BCUT2D eigenvalue weighted by molar-refractivity contribution is 0.107. The Morgan fingerprint density at radius 1 is 1.30 bits per heavy atom. The summed E-state index contributed by atoms with van der Waals surface area (Å²) in [5.41, 5.74) is 0. The Bertz CT molecular complexity index is 602. The van der Waals surface area contributed by atoms with Gasteiger partial charge in [-0.15, -0.1) is 0 Å². The minimum atomic E-state index is 0.137. The number of para-hydroxylation sites is 1. The van der Waals surface area contributed by atoms with E-state index in [-0.39, 0.29) is 12.1 Å². The first-order valence-corrected chi connectivity index (χ1v) is 8.01. The van der Waals surface area contributed by atoms with E-state index in [1.165, 1.54) is 0 Å². The molecule has 2 heterocycles. The van der Waals surface area contributed by atoms with Crippen LogP contribution in [0.15, 0.2) is 34.9 Å². The molecule has 1 saturated heterocycles. The fourth-order valence-electron chi connectivity index (χ4n) is 2.96. The van der Waals surface area contributed by atoms with Gasteiger partial charge in [0.05, 0.1) is 18.8 Å². The third-order valence-electron chi connectivity index (χ3n) is 4.13. The van der Waals surface area contributed by atoms with Crippen LogP contribution in [0.3, 0.4) is 0 Å². The third kappa shape index (κ3) is 4.09. The molecular formula is C17H23N3O3. The Labute approximate surface area is 136 Å². The quantitative estimate of drug-likeness (QED) is 0.732. The zero-order valence-corrected chi connectivity index (χ0v) is 13.6. The first-order chi connectivity index (χ1) is 11.3. The van der Waals surface area contributed by atoms with Gasteiger partial charge in [-0.2, -0.15) is 4.98 Å². The summed E-state index contributed by atoms with van der Waals surface area (Å²) in [6.07, 6.45) is 2.04. The third-order valence-corrected chi connectivity index (χ3v) is 4.13. The number of hydrogen-bond donors (Lipinski definition) is 0. The monoisotopic (exact) mass is 317 g/mol. The standard InChI is InChI=1S/C17H23N3O3/c1-13-18-17(23-19-13)16-11-15(21-2)12-20(16)9-6-10-22-14-7-4-3-5-8-14/h3-5,7-8,15-16H,6,9-12H2,1-2H3/t15-,16-/m1/s1. The lowest BCUT2D eigenvalue weighted by Crippen LogP contribution is -2.27. The van der Waals surface area contributed by atoms with E-state index in [0.29, 0.717) is 18.3 Å². The molecule has 0 unspecified atom stereocenters. The molecule has 1 aromatic heterocycles. The van der Waals surface area contributed by atoms with Gasteiger partial charge >= 0.3 is 0 Å². The van der Waals surface area contributed by atoms with Gasteiger partial charge in [-0.25, -0.2) is 0 Å². The van der Waals surface area contributed by atoms with Crippen LogP contribution in [0, 0.1) is 6.92 Å². The average molecular weight is 317 g/mol. The Hall–Kier alpha value is -1.92. The molecule has 1 aliphatic rings. The second-order valence-corrected chi connectivity index (χ2v) is 5.80. The maximum atomic E-state index is 5.75. The molecule has 0 radical (unpaired) electrons. The number of aromatic nitrogens is 2. The molecule has 124 valence electrons. The molecule has 0 N–H and O–H groups in total. The number of nitrogens with zero attached hydrogens (tertiary/aromatic N) is 3. The van der Waals surface area contributed by atoms with Crippen molar-refractivity contribution in [3.63, 3.8) is 0 Å². The molecule has 2 atom stereocenters. The highest BCUT2D eigenvalue weighted by Gasteiger charge is 2.36. The van der Waals surface area contributed by atoms with Crippen molar-refractivity contribution in [2.75, 3.05) is 26.8 Å². The molecule has 0 bridgehead atoms. The lowest BCUT2D eigenvalue weighted by atomic mass is 10.2. The summed E-state index contributed by atoms with van der Waals surface area (Å²) >= 11 is 0. The number of ether oxygens (including phenoxy) is 2. The van der Waals surface area contributed by atoms with Gasteiger partial charge in [-0.1, -0.05) is 23.4 Å². The largest absolute Gasteiger partial charge is 0.494 e. The van der Waals surface area contributed by atoms with Gasteiger partial charge in [0, 0.05) is 20.2 Å². The molecule has 0 amide bonds. The Balaban J connectivity index is 1.52. The van der Waals surface area contributed by atoms with E-state index in [2.05, 4.69) is 15.0 Å². The van der Waals surface area contributed by atoms with Gasteiger partial charge in [0.15, 0.2) is 5.82 Å². The van der Waals surface area contributed by atoms with Crippen molar-refractivity contribution in [1.29, 1.82) is 0 Å².